The van der Waals surface area contributed by atoms with Gasteiger partial charge in [-0.3, -0.25) is 0 Å². The van der Waals surface area contributed by atoms with Crippen LogP contribution in [-0.2, 0) is 11.9 Å². The summed E-state index contributed by atoms with van der Waals surface area (Å²) in [7, 11) is 0. The van der Waals surface area contributed by atoms with Crippen molar-refractivity contribution in [2.24, 2.45) is 0 Å². The molecule has 0 aliphatic heterocycles. The molecule has 0 saturated heterocycles. The van der Waals surface area contributed by atoms with Gasteiger partial charge >= 0.3 is 6.18 Å². The monoisotopic (exact) mass is 295 g/mol. The Balaban J connectivity index is 2.05. The summed E-state index contributed by atoms with van der Waals surface area (Å²) in [5.41, 5.74) is 0.471. The summed E-state index contributed by atoms with van der Waals surface area (Å²) in [6, 6.07) is 9.64. The third-order valence-corrected chi connectivity index (χ3v) is 3.31. The average molecular weight is 295 g/mol. The molecule has 2 aromatic rings. The Morgan fingerprint density at radius 2 is 1.85 bits per heavy atom. The molecule has 0 saturated carbocycles. The number of hydrogen-bond donors (Lipinski definition) is 0. The molecule has 0 fully saturated rings. The first-order valence-electron chi connectivity index (χ1n) is 5.51. The molecule has 0 unspecified atom stereocenters. The van der Waals surface area contributed by atoms with Gasteiger partial charge in [0.05, 0.1) is 11.6 Å². The van der Waals surface area contributed by atoms with Gasteiger partial charge in [-0.1, -0.05) is 23.9 Å². The van der Waals surface area contributed by atoms with Crippen LogP contribution in [0, 0.1) is 11.3 Å². The molecule has 0 N–H and O–H groups in total. The summed E-state index contributed by atoms with van der Waals surface area (Å²) in [4.78, 5) is 7.27. The first-order valence-corrected chi connectivity index (χ1v) is 6.49. The number of benzene rings is 1. The molecule has 0 atom stereocenters. The lowest BCUT2D eigenvalue weighted by atomic mass is 10.2. The van der Waals surface area contributed by atoms with Crippen LogP contribution in [0.25, 0.3) is 0 Å². The normalized spacial score (nSPS) is 11.1. The third-order valence-electron chi connectivity index (χ3n) is 2.37. The molecule has 7 heteroatoms. The van der Waals surface area contributed by atoms with Crippen molar-refractivity contribution >= 4 is 11.8 Å². The molecule has 2 rings (SSSR count). The molecular formula is C13H8F3N3S. The molecule has 0 spiro atoms. The Bertz CT molecular complexity index is 633. The van der Waals surface area contributed by atoms with Gasteiger partial charge in [0.1, 0.15) is 5.69 Å². The van der Waals surface area contributed by atoms with Crippen LogP contribution in [0.15, 0.2) is 41.7 Å². The third kappa shape index (κ3) is 3.71. The fourth-order valence-electron chi connectivity index (χ4n) is 1.39. The SMILES string of the molecule is N#Cc1ccc(CSc2nccc(C(F)(F)F)n2)cc1. The maximum Gasteiger partial charge on any atom is 0.433 e. The number of rotatable bonds is 3. The van der Waals surface area contributed by atoms with Crippen LogP contribution in [0.1, 0.15) is 16.8 Å². The van der Waals surface area contributed by atoms with Crippen LogP contribution in [0.3, 0.4) is 0 Å². The molecule has 1 heterocycles. The van der Waals surface area contributed by atoms with Crippen molar-refractivity contribution in [3.8, 4) is 6.07 Å². The van der Waals surface area contributed by atoms with E-state index in [9.17, 15) is 13.2 Å². The van der Waals surface area contributed by atoms with Crippen molar-refractivity contribution in [1.82, 2.24) is 9.97 Å². The zero-order valence-corrected chi connectivity index (χ0v) is 10.9. The van der Waals surface area contributed by atoms with E-state index in [1.165, 1.54) is 0 Å². The summed E-state index contributed by atoms with van der Waals surface area (Å²) >= 11 is 1.11. The summed E-state index contributed by atoms with van der Waals surface area (Å²) in [5.74, 6) is 0.438. The summed E-state index contributed by atoms with van der Waals surface area (Å²) in [6.45, 7) is 0. The zero-order chi connectivity index (χ0) is 14.6. The number of hydrogen-bond acceptors (Lipinski definition) is 4. The van der Waals surface area contributed by atoms with Crippen molar-refractivity contribution in [3.63, 3.8) is 0 Å². The van der Waals surface area contributed by atoms with Crippen LogP contribution in [0.4, 0.5) is 13.2 Å². The standard InChI is InChI=1S/C13H8F3N3S/c14-13(15,16)11-5-6-18-12(19-11)20-8-10-3-1-9(7-17)2-4-10/h1-6H,8H2. The Labute approximate surface area is 117 Å². The number of alkyl halides is 3. The van der Waals surface area contributed by atoms with Crippen LogP contribution < -0.4 is 0 Å². The van der Waals surface area contributed by atoms with Gasteiger partial charge in [-0.15, -0.1) is 0 Å². The van der Waals surface area contributed by atoms with E-state index in [0.717, 1.165) is 29.6 Å². The van der Waals surface area contributed by atoms with Crippen molar-refractivity contribution in [3.05, 3.63) is 53.3 Å². The maximum atomic E-state index is 12.5. The molecule has 102 valence electrons. The van der Waals surface area contributed by atoms with Crippen LogP contribution in [0.2, 0.25) is 0 Å². The largest absolute Gasteiger partial charge is 0.433 e. The second-order valence-corrected chi connectivity index (χ2v) is 4.76. The van der Waals surface area contributed by atoms with E-state index < -0.39 is 11.9 Å². The lowest BCUT2D eigenvalue weighted by Gasteiger charge is -2.06. The Morgan fingerprint density at radius 1 is 1.15 bits per heavy atom. The van der Waals surface area contributed by atoms with E-state index in [4.69, 9.17) is 5.26 Å². The Kier molecular flexibility index (Phi) is 4.25. The van der Waals surface area contributed by atoms with E-state index in [1.807, 2.05) is 6.07 Å². The first-order chi connectivity index (χ1) is 9.49. The number of halogens is 3. The predicted octanol–water partition coefficient (Wildman–Crippen LogP) is 3.66. The van der Waals surface area contributed by atoms with Crippen molar-refractivity contribution < 1.29 is 13.2 Å². The molecule has 3 nitrogen and oxygen atoms in total. The van der Waals surface area contributed by atoms with E-state index >= 15 is 0 Å². The summed E-state index contributed by atoms with van der Waals surface area (Å²) in [6.07, 6.45) is -3.37. The van der Waals surface area contributed by atoms with Gasteiger partial charge in [-0.05, 0) is 23.8 Å². The molecule has 0 bridgehead atoms. The van der Waals surface area contributed by atoms with Gasteiger partial charge in [0.25, 0.3) is 0 Å². The number of aromatic nitrogens is 2. The highest BCUT2D eigenvalue weighted by molar-refractivity contribution is 7.98. The smallest absolute Gasteiger partial charge is 0.231 e. The van der Waals surface area contributed by atoms with E-state index in [1.54, 1.807) is 24.3 Å². The molecule has 0 radical (unpaired) electrons. The summed E-state index contributed by atoms with van der Waals surface area (Å²) in [5, 5.41) is 8.73. The maximum absolute atomic E-state index is 12.5. The lowest BCUT2D eigenvalue weighted by Crippen LogP contribution is -2.08. The highest BCUT2D eigenvalue weighted by atomic mass is 32.2. The number of nitrogens with zero attached hydrogens (tertiary/aromatic N) is 3. The molecule has 0 amide bonds. The van der Waals surface area contributed by atoms with Crippen LogP contribution in [0.5, 0.6) is 0 Å². The second-order valence-electron chi connectivity index (χ2n) is 3.82. The first kappa shape index (κ1) is 14.3. The quantitative estimate of drug-likeness (QED) is 0.640. The fourth-order valence-corrected chi connectivity index (χ4v) is 2.18. The van der Waals surface area contributed by atoms with Gasteiger partial charge in [0.15, 0.2) is 5.16 Å². The molecule has 0 aliphatic carbocycles. The van der Waals surface area contributed by atoms with E-state index in [2.05, 4.69) is 9.97 Å². The average Bonchev–Trinajstić information content (AvgIpc) is 2.45. The highest BCUT2D eigenvalue weighted by Gasteiger charge is 2.32. The summed E-state index contributed by atoms with van der Waals surface area (Å²) < 4.78 is 37.5. The highest BCUT2D eigenvalue weighted by Crippen LogP contribution is 2.29. The second kappa shape index (κ2) is 5.92. The minimum absolute atomic E-state index is 0.0733. The van der Waals surface area contributed by atoms with Crippen molar-refractivity contribution in [2.45, 2.75) is 17.1 Å². The lowest BCUT2D eigenvalue weighted by molar-refractivity contribution is -0.141. The zero-order valence-electron chi connectivity index (χ0n) is 10.1. The van der Waals surface area contributed by atoms with Crippen molar-refractivity contribution in [2.75, 3.05) is 0 Å². The minimum atomic E-state index is -4.47. The van der Waals surface area contributed by atoms with Crippen molar-refractivity contribution in [1.29, 1.82) is 5.26 Å². The Morgan fingerprint density at radius 3 is 2.45 bits per heavy atom. The van der Waals surface area contributed by atoms with Crippen LogP contribution >= 0.6 is 11.8 Å². The molecule has 1 aromatic carbocycles. The molecule has 0 aliphatic rings. The van der Waals surface area contributed by atoms with Gasteiger partial charge in [-0.25, -0.2) is 9.97 Å². The van der Waals surface area contributed by atoms with Gasteiger partial charge < -0.3 is 0 Å². The predicted molar refractivity (Wildman–Crippen MR) is 67.8 cm³/mol. The van der Waals surface area contributed by atoms with Gasteiger partial charge in [-0.2, -0.15) is 18.4 Å². The van der Waals surface area contributed by atoms with Gasteiger partial charge in [0.2, 0.25) is 0 Å². The van der Waals surface area contributed by atoms with E-state index in [0.29, 0.717) is 11.3 Å². The van der Waals surface area contributed by atoms with E-state index in [-0.39, 0.29) is 5.16 Å². The molecular weight excluding hydrogens is 287 g/mol. The topological polar surface area (TPSA) is 49.6 Å². The minimum Gasteiger partial charge on any atom is -0.231 e. The van der Waals surface area contributed by atoms with Gasteiger partial charge in [0, 0.05) is 11.9 Å². The number of thioether (sulfide) groups is 1. The molecule has 1 aromatic heterocycles. The fraction of sp³-hybridized carbons (Fsp3) is 0.154. The Hall–Kier alpha value is -2.07. The van der Waals surface area contributed by atoms with Crippen LogP contribution in [-0.4, -0.2) is 9.97 Å². The molecule has 20 heavy (non-hydrogen) atoms. The number of nitriles is 1.